The van der Waals surface area contributed by atoms with Crippen LogP contribution in [0.15, 0.2) is 30.6 Å². The van der Waals surface area contributed by atoms with E-state index >= 15 is 0 Å². The van der Waals surface area contributed by atoms with Crippen molar-refractivity contribution in [3.63, 3.8) is 0 Å². The molecule has 3 rings (SSSR count). The highest BCUT2D eigenvalue weighted by Crippen LogP contribution is 2.35. The Bertz CT molecular complexity index is 608. The summed E-state index contributed by atoms with van der Waals surface area (Å²) in [7, 11) is 0. The minimum absolute atomic E-state index is 0.0540. The molecule has 0 saturated carbocycles. The number of nitrogens with two attached hydrogens (primary N) is 1. The Balaban J connectivity index is 1.94. The molecule has 0 saturated heterocycles. The highest BCUT2D eigenvalue weighted by molar-refractivity contribution is 5.59. The lowest BCUT2D eigenvalue weighted by molar-refractivity contribution is 0.620. The van der Waals surface area contributed by atoms with E-state index in [1.807, 2.05) is 23.1 Å². The van der Waals surface area contributed by atoms with Crippen LogP contribution >= 0.6 is 0 Å². The van der Waals surface area contributed by atoms with E-state index < -0.39 is 0 Å². The summed E-state index contributed by atoms with van der Waals surface area (Å²) in [4.78, 5) is 2.19. The fraction of sp³-hybridized carbons (Fsp3) is 0.400. The van der Waals surface area contributed by atoms with Crippen LogP contribution in [0.1, 0.15) is 24.1 Å². The number of aromatic nitrogens is 2. The summed E-state index contributed by atoms with van der Waals surface area (Å²) in [6, 6.07) is 5.05. The number of benzene rings is 1. The molecule has 0 amide bonds. The van der Waals surface area contributed by atoms with Crippen LogP contribution in [0.25, 0.3) is 0 Å². The van der Waals surface area contributed by atoms with Crippen molar-refractivity contribution in [3.05, 3.63) is 47.5 Å². The molecule has 2 aromatic rings. The molecule has 1 aliphatic rings. The zero-order chi connectivity index (χ0) is 14.1. The molecule has 20 heavy (non-hydrogen) atoms. The normalized spacial score (nSPS) is 15.4. The van der Waals surface area contributed by atoms with Gasteiger partial charge in [-0.3, -0.25) is 4.68 Å². The molecule has 1 aliphatic heterocycles. The molecule has 106 valence electrons. The minimum atomic E-state index is -0.198. The van der Waals surface area contributed by atoms with E-state index in [2.05, 4.69) is 16.9 Å². The lowest BCUT2D eigenvalue weighted by Crippen LogP contribution is -2.32. The summed E-state index contributed by atoms with van der Waals surface area (Å²) >= 11 is 0. The second-order valence-electron chi connectivity index (χ2n) is 5.10. The molecule has 2 N–H and O–H groups in total. The molecule has 1 aromatic carbocycles. The maximum Gasteiger partial charge on any atom is 0.125 e. The highest BCUT2D eigenvalue weighted by Gasteiger charge is 2.27. The molecular weight excluding hydrogens is 255 g/mol. The molecule has 0 fully saturated rings. The first-order valence-corrected chi connectivity index (χ1v) is 7.00. The summed E-state index contributed by atoms with van der Waals surface area (Å²) in [6.45, 7) is 4.25. The number of halogens is 1. The Labute approximate surface area is 118 Å². The van der Waals surface area contributed by atoms with Crippen LogP contribution in [-0.2, 0) is 13.0 Å². The van der Waals surface area contributed by atoms with E-state index in [9.17, 15) is 4.39 Å². The van der Waals surface area contributed by atoms with Crippen LogP contribution in [0.4, 0.5) is 10.1 Å². The van der Waals surface area contributed by atoms with Crippen LogP contribution in [0.5, 0.6) is 0 Å². The first-order valence-electron chi connectivity index (χ1n) is 7.00. The summed E-state index contributed by atoms with van der Waals surface area (Å²) in [5.74, 6) is -0.198. The van der Waals surface area contributed by atoms with Gasteiger partial charge in [0.15, 0.2) is 0 Å². The SMILES string of the molecule is CCn1cc(C(CN)N2CCc3ccc(F)cc32)cn1. The Hall–Kier alpha value is -1.88. The van der Waals surface area contributed by atoms with Gasteiger partial charge in [0.25, 0.3) is 0 Å². The predicted octanol–water partition coefficient (Wildman–Crippen LogP) is 2.10. The van der Waals surface area contributed by atoms with E-state index in [1.165, 1.54) is 11.6 Å². The van der Waals surface area contributed by atoms with Crippen molar-refractivity contribution >= 4 is 5.69 Å². The van der Waals surface area contributed by atoms with Crippen molar-refractivity contribution in [2.45, 2.75) is 25.9 Å². The molecule has 0 bridgehead atoms. The van der Waals surface area contributed by atoms with Crippen LogP contribution in [-0.4, -0.2) is 22.9 Å². The number of nitrogens with zero attached hydrogens (tertiary/aromatic N) is 3. The lowest BCUT2D eigenvalue weighted by Gasteiger charge is -2.28. The average molecular weight is 274 g/mol. The number of fused-ring (bicyclic) bond motifs is 1. The third-order valence-electron chi connectivity index (χ3n) is 3.94. The fourth-order valence-electron chi connectivity index (χ4n) is 2.87. The van der Waals surface area contributed by atoms with Gasteiger partial charge in [-0.25, -0.2) is 4.39 Å². The Morgan fingerprint density at radius 1 is 1.45 bits per heavy atom. The summed E-state index contributed by atoms with van der Waals surface area (Å²) < 4.78 is 15.4. The van der Waals surface area contributed by atoms with Gasteiger partial charge in [0.2, 0.25) is 0 Å². The molecule has 0 radical (unpaired) electrons. The monoisotopic (exact) mass is 274 g/mol. The quantitative estimate of drug-likeness (QED) is 0.929. The van der Waals surface area contributed by atoms with Gasteiger partial charge in [0.05, 0.1) is 12.2 Å². The number of anilines is 1. The largest absolute Gasteiger partial charge is 0.362 e. The van der Waals surface area contributed by atoms with Crippen LogP contribution in [0.2, 0.25) is 0 Å². The maximum absolute atomic E-state index is 13.5. The summed E-state index contributed by atoms with van der Waals surface area (Å²) in [6.07, 6.45) is 4.82. The van der Waals surface area contributed by atoms with Gasteiger partial charge in [0.1, 0.15) is 5.82 Å². The summed E-state index contributed by atoms with van der Waals surface area (Å²) in [5.41, 5.74) is 9.20. The molecule has 1 atom stereocenters. The van der Waals surface area contributed by atoms with Gasteiger partial charge < -0.3 is 10.6 Å². The number of hydrogen-bond donors (Lipinski definition) is 1. The smallest absolute Gasteiger partial charge is 0.125 e. The average Bonchev–Trinajstić information content (AvgIpc) is 3.07. The number of hydrogen-bond acceptors (Lipinski definition) is 3. The molecule has 2 heterocycles. The fourth-order valence-corrected chi connectivity index (χ4v) is 2.87. The van der Waals surface area contributed by atoms with Crippen molar-refractivity contribution in [2.75, 3.05) is 18.0 Å². The van der Waals surface area contributed by atoms with Crippen molar-refractivity contribution < 1.29 is 4.39 Å². The number of rotatable bonds is 4. The van der Waals surface area contributed by atoms with E-state index in [1.54, 1.807) is 6.07 Å². The van der Waals surface area contributed by atoms with Gasteiger partial charge in [0, 0.05) is 37.1 Å². The van der Waals surface area contributed by atoms with Crippen LogP contribution < -0.4 is 10.6 Å². The van der Waals surface area contributed by atoms with Crippen molar-refractivity contribution in [2.24, 2.45) is 5.73 Å². The molecule has 1 unspecified atom stereocenters. The third kappa shape index (κ3) is 2.18. The first kappa shape index (κ1) is 13.1. The maximum atomic E-state index is 13.5. The lowest BCUT2D eigenvalue weighted by atomic mass is 10.1. The van der Waals surface area contributed by atoms with Gasteiger partial charge in [-0.05, 0) is 31.0 Å². The van der Waals surface area contributed by atoms with E-state index in [0.717, 1.165) is 30.8 Å². The van der Waals surface area contributed by atoms with Gasteiger partial charge in [-0.1, -0.05) is 6.07 Å². The second kappa shape index (κ2) is 5.25. The van der Waals surface area contributed by atoms with Crippen molar-refractivity contribution in [1.82, 2.24) is 9.78 Å². The minimum Gasteiger partial charge on any atom is -0.362 e. The van der Waals surface area contributed by atoms with Crippen molar-refractivity contribution in [3.8, 4) is 0 Å². The van der Waals surface area contributed by atoms with Gasteiger partial charge in [-0.15, -0.1) is 0 Å². The topological polar surface area (TPSA) is 47.1 Å². The third-order valence-corrected chi connectivity index (χ3v) is 3.94. The Morgan fingerprint density at radius 2 is 2.30 bits per heavy atom. The standard InChI is InChI=1S/C15H19FN4/c1-2-19-10-12(9-18-19)15(8-17)20-6-5-11-3-4-13(16)7-14(11)20/h3-4,7,9-10,15H,2,5-6,8,17H2,1H3. The molecule has 1 aromatic heterocycles. The van der Waals surface area contributed by atoms with Crippen LogP contribution in [0, 0.1) is 5.82 Å². The van der Waals surface area contributed by atoms with Crippen LogP contribution in [0.3, 0.4) is 0 Å². The second-order valence-corrected chi connectivity index (χ2v) is 5.10. The van der Waals surface area contributed by atoms with Gasteiger partial charge >= 0.3 is 0 Å². The zero-order valence-electron chi connectivity index (χ0n) is 11.6. The van der Waals surface area contributed by atoms with E-state index in [-0.39, 0.29) is 11.9 Å². The van der Waals surface area contributed by atoms with Crippen molar-refractivity contribution in [1.29, 1.82) is 0 Å². The Kier molecular flexibility index (Phi) is 3.44. The molecular formula is C15H19FN4. The molecule has 0 aliphatic carbocycles. The molecule has 0 spiro atoms. The summed E-state index contributed by atoms with van der Waals surface area (Å²) in [5, 5.41) is 4.31. The number of aryl methyl sites for hydroxylation is 1. The van der Waals surface area contributed by atoms with E-state index in [0.29, 0.717) is 6.54 Å². The predicted molar refractivity (Wildman–Crippen MR) is 77.1 cm³/mol. The molecule has 4 nitrogen and oxygen atoms in total. The van der Waals surface area contributed by atoms with E-state index in [4.69, 9.17) is 5.73 Å². The molecule has 5 heteroatoms. The zero-order valence-corrected chi connectivity index (χ0v) is 11.6. The van der Waals surface area contributed by atoms with Gasteiger partial charge in [-0.2, -0.15) is 5.10 Å². The highest BCUT2D eigenvalue weighted by atomic mass is 19.1. The first-order chi connectivity index (χ1) is 9.72. The Morgan fingerprint density at radius 3 is 3.00 bits per heavy atom.